The Kier molecular flexibility index (Phi) is 6.50. The van der Waals surface area contributed by atoms with Gasteiger partial charge < -0.3 is 15.7 Å². The van der Waals surface area contributed by atoms with Crippen LogP contribution in [-0.2, 0) is 9.59 Å². The van der Waals surface area contributed by atoms with Crippen LogP contribution >= 0.6 is 0 Å². The highest BCUT2D eigenvalue weighted by Crippen LogP contribution is 2.44. The molecule has 12 nitrogen and oxygen atoms in total. The number of fused-ring (bicyclic) bond motifs is 3. The summed E-state index contributed by atoms with van der Waals surface area (Å²) in [4.78, 5) is 47.6. The summed E-state index contributed by atoms with van der Waals surface area (Å²) in [6.07, 6.45) is 6.67. The van der Waals surface area contributed by atoms with Crippen molar-refractivity contribution >= 4 is 34.9 Å². The Morgan fingerprint density at radius 3 is 2.49 bits per heavy atom. The van der Waals surface area contributed by atoms with Gasteiger partial charge in [-0.1, -0.05) is 6.92 Å². The average molecular weight is 507 g/mol. The second-order valence-electron chi connectivity index (χ2n) is 9.58. The van der Waals surface area contributed by atoms with E-state index in [9.17, 15) is 19.5 Å². The highest BCUT2D eigenvalue weighted by atomic mass is 16.3. The fourth-order valence-corrected chi connectivity index (χ4v) is 5.63. The van der Waals surface area contributed by atoms with Crippen molar-refractivity contribution in [2.75, 3.05) is 17.8 Å². The number of anilines is 2. The van der Waals surface area contributed by atoms with E-state index in [1.807, 2.05) is 6.07 Å². The zero-order valence-corrected chi connectivity index (χ0v) is 20.8. The molecule has 37 heavy (non-hydrogen) atoms. The van der Waals surface area contributed by atoms with Crippen LogP contribution in [0.1, 0.15) is 67.9 Å². The molecule has 0 aliphatic carbocycles. The van der Waals surface area contributed by atoms with Crippen LogP contribution in [0.15, 0.2) is 24.5 Å². The Bertz CT molecular complexity index is 1360. The number of aliphatic hydroxyl groups is 1. The summed E-state index contributed by atoms with van der Waals surface area (Å²) >= 11 is 0. The molecule has 2 saturated heterocycles. The average Bonchev–Trinajstić information content (AvgIpc) is 3.44. The number of hydrogen-bond donors (Lipinski definition) is 4. The van der Waals surface area contributed by atoms with Crippen LogP contribution in [0.2, 0.25) is 0 Å². The summed E-state index contributed by atoms with van der Waals surface area (Å²) in [5.74, 6) is 0.0649. The molecule has 2 aliphatic rings. The van der Waals surface area contributed by atoms with Crippen molar-refractivity contribution in [3.05, 3.63) is 35.8 Å². The molecule has 0 aromatic carbocycles. The maximum absolute atomic E-state index is 12.7. The molecule has 0 unspecified atom stereocenters. The predicted molar refractivity (Wildman–Crippen MR) is 135 cm³/mol. The molecule has 5 heterocycles. The van der Waals surface area contributed by atoms with Crippen LogP contribution in [0.4, 0.5) is 11.6 Å². The molecule has 0 spiro atoms. The first-order valence-electron chi connectivity index (χ1n) is 12.4. The summed E-state index contributed by atoms with van der Waals surface area (Å²) in [6, 6.07) is 3.57. The molecule has 194 valence electrons. The van der Waals surface area contributed by atoms with E-state index in [4.69, 9.17) is 10.7 Å². The molecule has 5 N–H and O–H groups in total. The number of amides is 2. The summed E-state index contributed by atoms with van der Waals surface area (Å²) in [7, 11) is 0. The normalized spacial score (nSPS) is 20.7. The Balaban J connectivity index is 1.51. The highest BCUT2D eigenvalue weighted by molar-refractivity contribution is 6.00. The number of Topliss-reactive ketones (excluding diaryl/α,β-unsaturated/α-hetero) is 1. The van der Waals surface area contributed by atoms with Crippen LogP contribution in [0.5, 0.6) is 0 Å². The number of hydrazine groups is 1. The quantitative estimate of drug-likeness (QED) is 0.275. The van der Waals surface area contributed by atoms with Gasteiger partial charge in [-0.25, -0.2) is 9.97 Å². The van der Waals surface area contributed by atoms with Gasteiger partial charge in [0.1, 0.15) is 18.2 Å². The molecule has 2 aliphatic heterocycles. The van der Waals surface area contributed by atoms with Gasteiger partial charge in [-0.05, 0) is 44.7 Å². The van der Waals surface area contributed by atoms with Gasteiger partial charge in [-0.3, -0.25) is 25.2 Å². The zero-order chi connectivity index (χ0) is 26.3. The van der Waals surface area contributed by atoms with E-state index in [1.54, 1.807) is 30.3 Å². The minimum atomic E-state index is -0.500. The molecule has 3 atom stereocenters. The molecule has 5 rings (SSSR count). The van der Waals surface area contributed by atoms with Crippen molar-refractivity contribution in [1.82, 2.24) is 29.9 Å². The largest absolute Gasteiger partial charge is 0.387 e. The molecular weight excluding hydrogens is 476 g/mol. The lowest BCUT2D eigenvalue weighted by molar-refractivity contribution is -0.138. The van der Waals surface area contributed by atoms with Gasteiger partial charge in [0.25, 0.3) is 0 Å². The van der Waals surface area contributed by atoms with Crippen molar-refractivity contribution in [3.8, 4) is 11.1 Å². The molecule has 12 heteroatoms. The number of ketones is 1. The molecule has 3 aromatic rings. The monoisotopic (exact) mass is 506 g/mol. The van der Waals surface area contributed by atoms with E-state index in [-0.39, 0.29) is 41.4 Å². The van der Waals surface area contributed by atoms with Crippen molar-refractivity contribution in [1.29, 1.82) is 0 Å². The number of nitrogens with two attached hydrogens (primary N) is 1. The first kappa shape index (κ1) is 24.6. The van der Waals surface area contributed by atoms with Gasteiger partial charge >= 0.3 is 0 Å². The van der Waals surface area contributed by atoms with Gasteiger partial charge in [-0.2, -0.15) is 9.61 Å². The molecule has 0 saturated carbocycles. The number of nitrogens with zero attached hydrogens (tertiary/aromatic N) is 5. The minimum Gasteiger partial charge on any atom is -0.387 e. The third kappa shape index (κ3) is 4.37. The fourth-order valence-electron chi connectivity index (χ4n) is 5.63. The van der Waals surface area contributed by atoms with Crippen LogP contribution in [0, 0.1) is 0 Å². The summed E-state index contributed by atoms with van der Waals surface area (Å²) in [5.41, 5.74) is 14.8. The van der Waals surface area contributed by atoms with Crippen LogP contribution in [-0.4, -0.2) is 65.9 Å². The number of hydrogen-bond acceptors (Lipinski definition) is 9. The van der Waals surface area contributed by atoms with Gasteiger partial charge in [-0.15, -0.1) is 0 Å². The van der Waals surface area contributed by atoms with Gasteiger partial charge in [0.15, 0.2) is 11.4 Å². The summed E-state index contributed by atoms with van der Waals surface area (Å²) in [6.45, 7) is 2.73. The lowest BCUT2D eigenvalue weighted by atomic mass is 9.85. The van der Waals surface area contributed by atoms with Crippen LogP contribution in [0.3, 0.4) is 0 Å². The van der Waals surface area contributed by atoms with Crippen molar-refractivity contribution in [2.24, 2.45) is 0 Å². The number of carbonyl (C=O) groups is 3. The summed E-state index contributed by atoms with van der Waals surface area (Å²) < 4.78 is 1.47. The van der Waals surface area contributed by atoms with E-state index in [2.05, 4.69) is 20.9 Å². The second kappa shape index (κ2) is 9.77. The first-order valence-corrected chi connectivity index (χ1v) is 12.4. The SMILES string of the molecule is CCC(=O)NNc1ccc(-c2cnn3c(N)c(C(C)=O)c([C@@H]4C[C@H]5CC[C@@H](C4)N5C(=O)CO)nc23)cn1. The predicted octanol–water partition coefficient (Wildman–Crippen LogP) is 1.66. The van der Waals surface area contributed by atoms with E-state index >= 15 is 0 Å². The molecule has 3 aromatic heterocycles. The van der Waals surface area contributed by atoms with Crippen LogP contribution in [0.25, 0.3) is 16.8 Å². The molecular formula is C25H30N8O4. The highest BCUT2D eigenvalue weighted by Gasteiger charge is 2.44. The third-order valence-corrected chi connectivity index (χ3v) is 7.33. The number of aliphatic hydroxyl groups excluding tert-OH is 1. The molecule has 0 radical (unpaired) electrons. The Labute approximate surface area is 213 Å². The summed E-state index contributed by atoms with van der Waals surface area (Å²) in [5, 5.41) is 13.8. The lowest BCUT2D eigenvalue weighted by Gasteiger charge is -2.39. The number of aromatic nitrogens is 4. The number of rotatable bonds is 7. The number of nitrogen functional groups attached to an aromatic ring is 1. The third-order valence-electron chi connectivity index (χ3n) is 7.33. The van der Waals surface area contributed by atoms with Gasteiger partial charge in [0.05, 0.1) is 17.5 Å². The van der Waals surface area contributed by atoms with E-state index in [0.29, 0.717) is 47.5 Å². The Morgan fingerprint density at radius 2 is 1.89 bits per heavy atom. The minimum absolute atomic E-state index is 0.00397. The first-order chi connectivity index (χ1) is 17.8. The standard InChI is InChI=1S/C25H30N8O4/c1-3-20(36)31-30-19-7-4-14(10-27-19)18-11-28-33-24(26)22(13(2)35)23(29-25(18)33)15-8-16-5-6-17(9-15)32(16)21(37)12-34/h4,7,10-11,15-17,34H,3,5-6,8-9,12,26H2,1-2H3,(H,27,30)(H,31,36)/t15-,16-,17+. The van der Waals surface area contributed by atoms with E-state index in [0.717, 1.165) is 18.4 Å². The zero-order valence-electron chi connectivity index (χ0n) is 20.8. The second-order valence-corrected chi connectivity index (χ2v) is 9.58. The lowest BCUT2D eigenvalue weighted by Crippen LogP contribution is -2.47. The topological polar surface area (TPSA) is 168 Å². The van der Waals surface area contributed by atoms with Crippen LogP contribution < -0.4 is 16.6 Å². The number of piperidine rings is 1. The number of pyridine rings is 1. The smallest absolute Gasteiger partial charge is 0.248 e. The van der Waals surface area contributed by atoms with Gasteiger partial charge in [0.2, 0.25) is 11.8 Å². The maximum atomic E-state index is 12.7. The van der Waals surface area contributed by atoms with Crippen molar-refractivity contribution in [3.63, 3.8) is 0 Å². The fraction of sp³-hybridized carbons (Fsp3) is 0.440. The molecule has 2 fully saturated rings. The number of nitrogens with one attached hydrogen (secondary N) is 2. The molecule has 2 amide bonds. The maximum Gasteiger partial charge on any atom is 0.248 e. The van der Waals surface area contributed by atoms with Gasteiger partial charge in [0, 0.05) is 41.7 Å². The number of carbonyl (C=O) groups excluding carboxylic acids is 3. The Morgan fingerprint density at radius 1 is 1.16 bits per heavy atom. The van der Waals surface area contributed by atoms with Crippen molar-refractivity contribution in [2.45, 2.75) is 64.0 Å². The Hall–Kier alpha value is -4.06. The van der Waals surface area contributed by atoms with E-state index < -0.39 is 6.61 Å². The molecule has 2 bridgehead atoms. The van der Waals surface area contributed by atoms with E-state index in [1.165, 1.54) is 11.4 Å². The van der Waals surface area contributed by atoms with Crippen molar-refractivity contribution < 1.29 is 19.5 Å².